The molecular formula is C26H25N5O22S7. The number of anilines is 1. The van der Waals surface area contributed by atoms with E-state index in [1.807, 2.05) is 0 Å². The Morgan fingerprint density at radius 3 is 1.90 bits per heavy atom. The van der Waals surface area contributed by atoms with Gasteiger partial charge >= 0.3 is 10.4 Å². The number of phenols is 1. The summed E-state index contributed by atoms with van der Waals surface area (Å²) in [6, 6.07) is 8.27. The molecule has 0 spiro atoms. The van der Waals surface area contributed by atoms with Crippen LogP contribution in [0, 0.1) is 0 Å². The molecule has 8 N–H and O–H groups in total. The van der Waals surface area contributed by atoms with Crippen LogP contribution in [-0.2, 0) is 77.4 Å². The summed E-state index contributed by atoms with van der Waals surface area (Å²) < 4.78 is 168. The van der Waals surface area contributed by atoms with Crippen molar-refractivity contribution in [2.45, 2.75) is 24.5 Å². The normalized spacial score (nSPS) is 13.2. The van der Waals surface area contributed by atoms with Gasteiger partial charge in [-0.25, -0.2) is 31.5 Å². The van der Waals surface area contributed by atoms with Crippen LogP contribution < -0.4 is 5.73 Å². The van der Waals surface area contributed by atoms with Crippen LogP contribution in [0.2, 0.25) is 0 Å². The van der Waals surface area contributed by atoms with E-state index in [4.69, 9.17) is 25.0 Å². The number of benzene rings is 4. The Hall–Kier alpha value is -4.05. The Labute approximate surface area is 346 Å². The molecule has 60 heavy (non-hydrogen) atoms. The smallest absolute Gasteiger partial charge is 0.397 e. The molecule has 328 valence electrons. The van der Waals surface area contributed by atoms with Crippen molar-refractivity contribution in [1.82, 2.24) is 0 Å². The predicted octanol–water partition coefficient (Wildman–Crippen LogP) is 4.25. The highest BCUT2D eigenvalue weighted by Gasteiger charge is 2.27. The van der Waals surface area contributed by atoms with Crippen LogP contribution in [0.3, 0.4) is 0 Å². The third-order valence-electron chi connectivity index (χ3n) is 7.14. The number of azo groups is 2. The number of aromatic hydroxyl groups is 1. The summed E-state index contributed by atoms with van der Waals surface area (Å²) in [5.41, 5.74) is 3.00. The molecule has 0 aromatic heterocycles. The minimum Gasteiger partial charge on any atom is -0.505 e. The monoisotopic (exact) mass is 983 g/mol. The number of nitrogen functional groups attached to an aromatic ring is 1. The van der Waals surface area contributed by atoms with Gasteiger partial charge in [0.15, 0.2) is 37.7 Å². The number of sulfone groups is 2. The highest BCUT2D eigenvalue weighted by molar-refractivity contribution is 7.94. The second kappa shape index (κ2) is 19.8. The van der Waals surface area contributed by atoms with Crippen molar-refractivity contribution in [3.63, 3.8) is 0 Å². The fourth-order valence-corrected chi connectivity index (χ4v) is 9.49. The minimum atomic E-state index is -5.26. The molecule has 34 heteroatoms. The lowest BCUT2D eigenvalue weighted by Crippen LogP contribution is -2.15. The van der Waals surface area contributed by atoms with Gasteiger partial charge in [-0.2, -0.15) is 30.4 Å². The van der Waals surface area contributed by atoms with Crippen LogP contribution in [0.15, 0.2) is 99.5 Å². The van der Waals surface area contributed by atoms with Gasteiger partial charge in [0.1, 0.15) is 26.9 Å². The number of rotatable bonds is 21. The first kappa shape index (κ1) is 48.6. The molecule has 0 aliphatic carbocycles. The molecule has 0 aliphatic rings. The molecule has 0 amide bonds. The number of hydrogen-bond donors (Lipinski definition) is 7. The van der Waals surface area contributed by atoms with Crippen molar-refractivity contribution in [2.24, 2.45) is 20.5 Å². The fourth-order valence-electron chi connectivity index (χ4n) is 4.65. The zero-order valence-corrected chi connectivity index (χ0v) is 34.7. The first-order chi connectivity index (χ1) is 27.9. The Balaban J connectivity index is 1.84. The Kier molecular flexibility index (Phi) is 16.0. The lowest BCUT2D eigenvalue weighted by molar-refractivity contribution is -0.434. The molecule has 0 unspecified atom stereocenters. The molecule has 4 aromatic carbocycles. The zero-order valence-electron chi connectivity index (χ0n) is 29.0. The number of hydrogen-bond acceptors (Lipinski definition) is 26. The van der Waals surface area contributed by atoms with E-state index in [-0.39, 0.29) is 40.3 Å². The van der Waals surface area contributed by atoms with E-state index in [0.29, 0.717) is 6.07 Å². The molecular weight excluding hydrogens is 959 g/mol. The van der Waals surface area contributed by atoms with Crippen LogP contribution in [0.1, 0.15) is 0 Å². The lowest BCUT2D eigenvalue weighted by Gasteiger charge is -2.14. The van der Waals surface area contributed by atoms with Gasteiger partial charge in [0.2, 0.25) is 0 Å². The van der Waals surface area contributed by atoms with Crippen molar-refractivity contribution >= 4 is 114 Å². The van der Waals surface area contributed by atoms with Gasteiger partial charge in [-0.15, -0.1) is 24.0 Å². The van der Waals surface area contributed by atoms with Gasteiger partial charge in [0.25, 0.3) is 20.2 Å². The molecule has 0 radical (unpaired) electrons. The van der Waals surface area contributed by atoms with Gasteiger partial charge in [-0.3, -0.25) is 17.8 Å². The molecule has 27 nitrogen and oxygen atoms in total. The van der Waals surface area contributed by atoms with Crippen LogP contribution in [-0.4, -0.2) is 96.1 Å². The maximum absolute atomic E-state index is 12.8. The summed E-state index contributed by atoms with van der Waals surface area (Å²) in [5, 5.41) is 49.4. The van der Waals surface area contributed by atoms with Crippen molar-refractivity contribution in [1.29, 1.82) is 0 Å². The number of nitrogens with zero attached hydrogens (tertiary/aromatic N) is 4. The van der Waals surface area contributed by atoms with E-state index in [1.54, 1.807) is 0 Å². The third kappa shape index (κ3) is 12.7. The van der Waals surface area contributed by atoms with Crippen LogP contribution in [0.4, 0.5) is 28.4 Å². The van der Waals surface area contributed by atoms with E-state index in [0.717, 1.165) is 36.4 Å². The maximum Gasteiger partial charge on any atom is 0.397 e. The molecule has 0 saturated carbocycles. The number of phenolic OH excluding ortho intramolecular Hbond substituents is 1. The summed E-state index contributed by atoms with van der Waals surface area (Å²) in [5.74, 6) is -2.68. The Morgan fingerprint density at radius 1 is 0.667 bits per heavy atom. The SMILES string of the molecule is Nc1c(N=Nc2cccc(S(=O)(=O)CCOS(=O)(=O)O)c2)c(S(=O)(=O)O)cc2cc(SOOO)c(N=Nc3ccc(S(=O)(=O)CCOSOOO)cc3S(=O)(=O)O)c(O)c12. The van der Waals surface area contributed by atoms with Gasteiger partial charge in [-0.05, 0) is 53.9 Å². The van der Waals surface area contributed by atoms with Crippen molar-refractivity contribution in [3.8, 4) is 5.75 Å². The van der Waals surface area contributed by atoms with E-state index in [2.05, 4.69) is 43.4 Å². The molecule has 4 rings (SSSR count). The fraction of sp³-hybridized carbons (Fsp3) is 0.154. The Morgan fingerprint density at radius 2 is 1.28 bits per heavy atom. The first-order valence-electron chi connectivity index (χ1n) is 15.0. The van der Waals surface area contributed by atoms with E-state index >= 15 is 0 Å². The van der Waals surface area contributed by atoms with Gasteiger partial charge < -0.3 is 10.8 Å². The molecule has 0 aliphatic heterocycles. The average Bonchev–Trinajstić information content (AvgIpc) is 3.14. The number of nitrogens with two attached hydrogens (primary N) is 1. The summed E-state index contributed by atoms with van der Waals surface area (Å²) >= 11 is 0.179. The highest BCUT2D eigenvalue weighted by Crippen LogP contribution is 2.50. The van der Waals surface area contributed by atoms with Crippen molar-refractivity contribution in [3.05, 3.63) is 54.6 Å². The molecule has 0 fully saturated rings. The summed E-state index contributed by atoms with van der Waals surface area (Å²) in [6.07, 6.45) is 0. The average molecular weight is 984 g/mol. The largest absolute Gasteiger partial charge is 0.505 e. The van der Waals surface area contributed by atoms with Crippen LogP contribution in [0.25, 0.3) is 10.8 Å². The quantitative estimate of drug-likeness (QED) is 0.0117. The highest BCUT2D eigenvalue weighted by atomic mass is 32.3. The Bertz CT molecular complexity index is 2890. The van der Waals surface area contributed by atoms with Gasteiger partial charge in [0.05, 0.1) is 68.2 Å². The maximum atomic E-state index is 12.8. The molecule has 0 atom stereocenters. The lowest BCUT2D eigenvalue weighted by atomic mass is 10.1. The molecule has 0 heterocycles. The van der Waals surface area contributed by atoms with Crippen LogP contribution in [0.5, 0.6) is 5.75 Å². The zero-order chi connectivity index (χ0) is 44.7. The summed E-state index contributed by atoms with van der Waals surface area (Å²) in [7, 11) is -24.0. The molecule has 4 aromatic rings. The molecule has 0 bridgehead atoms. The van der Waals surface area contributed by atoms with Gasteiger partial charge in [0, 0.05) is 0 Å². The van der Waals surface area contributed by atoms with E-state index < -0.39 is 128 Å². The van der Waals surface area contributed by atoms with E-state index in [9.17, 15) is 56.3 Å². The third-order valence-corrected chi connectivity index (χ3v) is 13.7. The predicted molar refractivity (Wildman–Crippen MR) is 201 cm³/mol. The van der Waals surface area contributed by atoms with Crippen molar-refractivity contribution < 1.29 is 98.5 Å². The number of fused-ring (bicyclic) bond motifs is 1. The summed E-state index contributed by atoms with van der Waals surface area (Å²) in [6.45, 7) is -1.52. The second-order valence-electron chi connectivity index (χ2n) is 10.9. The standard InChI is InChI=1S/C26H25N5O22S7/c27-23-22-14(11-21(59(42,43)44)25(23)31-28-15-2-1-3-16(12-15)57(37,38)9-7-49-60(45,46)47)10-19(54-52-50-33)24(26(22)32)30-29-18-5-4-17(13-20(18)58(39,40)41)56(35,36)8-6-48-55-53-51-34/h1-5,10-13,32-34H,6-9,27H2,(H,39,40,41)(H,42,43,44)(H,45,46,47). The first-order valence-corrected chi connectivity index (χ1v) is 24.0. The van der Waals surface area contributed by atoms with Crippen molar-refractivity contribution in [2.75, 3.05) is 30.5 Å². The summed E-state index contributed by atoms with van der Waals surface area (Å²) in [4.78, 5) is -3.61. The minimum absolute atomic E-state index is 0.0706. The van der Waals surface area contributed by atoms with E-state index in [1.165, 1.54) is 12.1 Å². The topological polar surface area (TPSA) is 423 Å². The van der Waals surface area contributed by atoms with Crippen LogP contribution >= 0.6 is 24.4 Å². The van der Waals surface area contributed by atoms with Gasteiger partial charge in [-0.1, -0.05) is 16.1 Å². The molecule has 0 saturated heterocycles. The second-order valence-corrected chi connectivity index (χ2v) is 20.3.